The molecule has 3 aromatic rings. The van der Waals surface area contributed by atoms with E-state index >= 15 is 0 Å². The highest BCUT2D eigenvalue weighted by atomic mass is 32.1. The second-order valence-electron chi connectivity index (χ2n) is 6.56. The Labute approximate surface area is 167 Å². The molecule has 7 heteroatoms. The second-order valence-corrected chi connectivity index (χ2v) is 7.42. The topological polar surface area (TPSA) is 75.2 Å². The van der Waals surface area contributed by atoms with Gasteiger partial charge in [-0.05, 0) is 36.8 Å². The van der Waals surface area contributed by atoms with E-state index in [4.69, 9.17) is 0 Å². The highest BCUT2D eigenvalue weighted by Crippen LogP contribution is 2.23. The fourth-order valence-corrected chi connectivity index (χ4v) is 4.00. The van der Waals surface area contributed by atoms with Crippen molar-refractivity contribution < 1.29 is 9.59 Å². The number of nitrogens with zero attached hydrogens (tertiary/aromatic N) is 3. The van der Waals surface area contributed by atoms with E-state index < -0.39 is 0 Å². The predicted octanol–water partition coefficient (Wildman–Crippen LogP) is 3.30. The van der Waals surface area contributed by atoms with E-state index in [-0.39, 0.29) is 11.8 Å². The number of benzene rings is 1. The van der Waals surface area contributed by atoms with E-state index in [1.54, 1.807) is 34.6 Å². The molecule has 4 rings (SSSR count). The molecule has 1 saturated heterocycles. The molecule has 0 radical (unpaired) electrons. The molecule has 28 heavy (non-hydrogen) atoms. The van der Waals surface area contributed by atoms with Crippen molar-refractivity contribution in [3.63, 3.8) is 0 Å². The van der Waals surface area contributed by atoms with Crippen LogP contribution in [0.1, 0.15) is 28.9 Å². The van der Waals surface area contributed by atoms with Gasteiger partial charge in [-0.25, -0.2) is 4.98 Å². The average Bonchev–Trinajstić information content (AvgIpc) is 3.38. The number of pyridine rings is 1. The van der Waals surface area contributed by atoms with E-state index in [2.05, 4.69) is 15.3 Å². The van der Waals surface area contributed by atoms with E-state index in [0.717, 1.165) is 28.5 Å². The van der Waals surface area contributed by atoms with Crippen molar-refractivity contribution in [1.82, 2.24) is 15.3 Å². The Morgan fingerprint density at radius 2 is 2.14 bits per heavy atom. The van der Waals surface area contributed by atoms with Crippen LogP contribution in [0.2, 0.25) is 0 Å². The SMILES string of the molecule is O=C(NCCc1csc(-c2ccccn2)n1)c1cccc(N2CCCC2=O)c1. The monoisotopic (exact) mass is 392 g/mol. The van der Waals surface area contributed by atoms with E-state index in [1.165, 1.54) is 0 Å². The summed E-state index contributed by atoms with van der Waals surface area (Å²) in [5.74, 6) is -0.0292. The van der Waals surface area contributed by atoms with Crippen LogP contribution in [0, 0.1) is 0 Å². The van der Waals surface area contributed by atoms with Crippen LogP contribution in [0.3, 0.4) is 0 Å². The third-order valence-corrected chi connectivity index (χ3v) is 5.51. The summed E-state index contributed by atoms with van der Waals surface area (Å²) in [5.41, 5.74) is 3.14. The largest absolute Gasteiger partial charge is 0.352 e. The number of amides is 2. The summed E-state index contributed by atoms with van der Waals surface area (Å²) in [6.07, 6.45) is 3.84. The minimum absolute atomic E-state index is 0.116. The van der Waals surface area contributed by atoms with Gasteiger partial charge in [0.1, 0.15) is 5.01 Å². The van der Waals surface area contributed by atoms with Gasteiger partial charge in [0.25, 0.3) is 5.91 Å². The van der Waals surface area contributed by atoms with Crippen LogP contribution in [0.25, 0.3) is 10.7 Å². The van der Waals surface area contributed by atoms with Crippen LogP contribution in [0.5, 0.6) is 0 Å². The smallest absolute Gasteiger partial charge is 0.251 e. The molecule has 1 aliphatic heterocycles. The number of nitrogens with one attached hydrogen (secondary N) is 1. The fourth-order valence-electron chi connectivity index (χ4n) is 3.17. The standard InChI is InChI=1S/C21H20N4O2S/c26-19-8-4-12-25(19)17-6-3-5-15(13-17)20(27)23-11-9-16-14-28-21(24-16)18-7-1-2-10-22-18/h1-3,5-7,10,13-14H,4,8-9,11-12H2,(H,23,27). The third-order valence-electron chi connectivity index (χ3n) is 4.60. The Morgan fingerprint density at radius 1 is 1.21 bits per heavy atom. The summed E-state index contributed by atoms with van der Waals surface area (Å²) in [6, 6.07) is 13.0. The zero-order chi connectivity index (χ0) is 19.3. The summed E-state index contributed by atoms with van der Waals surface area (Å²) < 4.78 is 0. The summed E-state index contributed by atoms with van der Waals surface area (Å²) in [4.78, 5) is 35.0. The number of hydrogen-bond acceptors (Lipinski definition) is 5. The van der Waals surface area contributed by atoms with Gasteiger partial charge < -0.3 is 10.2 Å². The van der Waals surface area contributed by atoms with Gasteiger partial charge >= 0.3 is 0 Å². The summed E-state index contributed by atoms with van der Waals surface area (Å²) in [5, 5.41) is 5.81. The molecule has 3 heterocycles. The quantitative estimate of drug-likeness (QED) is 0.698. The molecule has 0 spiro atoms. The van der Waals surface area contributed by atoms with Crippen molar-refractivity contribution >= 4 is 28.8 Å². The average molecular weight is 392 g/mol. The molecule has 6 nitrogen and oxygen atoms in total. The normalized spacial score (nSPS) is 13.7. The van der Waals surface area contributed by atoms with Gasteiger partial charge in [0.2, 0.25) is 5.91 Å². The first kappa shape index (κ1) is 18.3. The Balaban J connectivity index is 1.34. The Hall–Kier alpha value is -3.06. The number of aromatic nitrogens is 2. The Kier molecular flexibility index (Phi) is 5.43. The molecule has 142 valence electrons. The van der Waals surface area contributed by atoms with Gasteiger partial charge in [-0.3, -0.25) is 14.6 Å². The molecule has 0 aliphatic carbocycles. The number of hydrogen-bond donors (Lipinski definition) is 1. The van der Waals surface area contributed by atoms with Crippen molar-refractivity contribution in [3.05, 3.63) is 65.3 Å². The molecular formula is C21H20N4O2S. The predicted molar refractivity (Wildman–Crippen MR) is 109 cm³/mol. The maximum absolute atomic E-state index is 12.5. The van der Waals surface area contributed by atoms with Gasteiger partial charge in [0.05, 0.1) is 11.4 Å². The highest BCUT2D eigenvalue weighted by Gasteiger charge is 2.22. The first-order chi connectivity index (χ1) is 13.7. The Morgan fingerprint density at radius 3 is 2.93 bits per heavy atom. The number of rotatable bonds is 6. The van der Waals surface area contributed by atoms with Gasteiger partial charge in [0, 0.05) is 48.8 Å². The Bertz CT molecular complexity index is 987. The van der Waals surface area contributed by atoms with E-state index in [9.17, 15) is 9.59 Å². The van der Waals surface area contributed by atoms with Crippen molar-refractivity contribution in [2.45, 2.75) is 19.3 Å². The van der Waals surface area contributed by atoms with Crippen LogP contribution in [-0.4, -0.2) is 34.9 Å². The first-order valence-corrected chi connectivity index (χ1v) is 10.1. The highest BCUT2D eigenvalue weighted by molar-refractivity contribution is 7.13. The lowest BCUT2D eigenvalue weighted by molar-refractivity contribution is -0.117. The van der Waals surface area contributed by atoms with Gasteiger partial charge in [-0.2, -0.15) is 0 Å². The lowest BCUT2D eigenvalue weighted by Gasteiger charge is -2.16. The zero-order valence-electron chi connectivity index (χ0n) is 15.3. The van der Waals surface area contributed by atoms with E-state index in [1.807, 2.05) is 35.7 Å². The number of anilines is 1. The van der Waals surface area contributed by atoms with E-state index in [0.29, 0.717) is 31.5 Å². The molecule has 0 bridgehead atoms. The van der Waals surface area contributed by atoms with Gasteiger partial charge in [-0.1, -0.05) is 12.1 Å². The summed E-state index contributed by atoms with van der Waals surface area (Å²) in [6.45, 7) is 1.21. The first-order valence-electron chi connectivity index (χ1n) is 9.25. The molecule has 2 amide bonds. The molecule has 0 unspecified atom stereocenters. The molecule has 0 atom stereocenters. The molecule has 1 N–H and O–H groups in total. The summed E-state index contributed by atoms with van der Waals surface area (Å²) in [7, 11) is 0. The molecule has 0 saturated carbocycles. The summed E-state index contributed by atoms with van der Waals surface area (Å²) >= 11 is 1.55. The van der Waals surface area contributed by atoms with Crippen molar-refractivity contribution in [2.24, 2.45) is 0 Å². The minimum atomic E-state index is -0.145. The molecule has 1 aromatic carbocycles. The molecular weight excluding hydrogens is 372 g/mol. The number of carbonyl (C=O) groups excluding carboxylic acids is 2. The zero-order valence-corrected chi connectivity index (χ0v) is 16.1. The van der Waals surface area contributed by atoms with Crippen molar-refractivity contribution in [2.75, 3.05) is 18.0 Å². The van der Waals surface area contributed by atoms with Crippen LogP contribution in [0.15, 0.2) is 54.0 Å². The maximum Gasteiger partial charge on any atom is 0.251 e. The van der Waals surface area contributed by atoms with Gasteiger partial charge in [0.15, 0.2) is 0 Å². The minimum Gasteiger partial charge on any atom is -0.352 e. The number of carbonyl (C=O) groups is 2. The van der Waals surface area contributed by atoms with Crippen molar-refractivity contribution in [3.8, 4) is 10.7 Å². The lowest BCUT2D eigenvalue weighted by Crippen LogP contribution is -2.27. The maximum atomic E-state index is 12.5. The van der Waals surface area contributed by atoms with Crippen LogP contribution in [0.4, 0.5) is 5.69 Å². The third kappa shape index (κ3) is 4.09. The van der Waals surface area contributed by atoms with Crippen LogP contribution < -0.4 is 10.2 Å². The lowest BCUT2D eigenvalue weighted by atomic mass is 10.1. The molecule has 2 aromatic heterocycles. The fraction of sp³-hybridized carbons (Fsp3) is 0.238. The van der Waals surface area contributed by atoms with Crippen molar-refractivity contribution in [1.29, 1.82) is 0 Å². The van der Waals surface area contributed by atoms with Crippen LogP contribution >= 0.6 is 11.3 Å². The second kappa shape index (κ2) is 8.31. The molecule has 1 fully saturated rings. The van der Waals surface area contributed by atoms with Gasteiger partial charge in [-0.15, -0.1) is 11.3 Å². The van der Waals surface area contributed by atoms with Crippen LogP contribution in [-0.2, 0) is 11.2 Å². The number of thiazole rings is 1. The molecule has 1 aliphatic rings.